The monoisotopic (exact) mass is 248 g/mol. The van der Waals surface area contributed by atoms with Gasteiger partial charge in [0.15, 0.2) is 0 Å². The number of hydrogen-bond donors (Lipinski definition) is 1. The third kappa shape index (κ3) is 4.65. The van der Waals surface area contributed by atoms with Gasteiger partial charge in [0.1, 0.15) is 5.75 Å². The molecule has 1 heterocycles. The minimum absolute atomic E-state index is 0.314. The Labute approximate surface area is 110 Å². The highest BCUT2D eigenvalue weighted by Crippen LogP contribution is 2.23. The molecule has 0 radical (unpaired) electrons. The number of nitrogens with one attached hydrogen (secondary N) is 1. The Morgan fingerprint density at radius 2 is 2.17 bits per heavy atom. The summed E-state index contributed by atoms with van der Waals surface area (Å²) in [6.45, 7) is 8.34. The molecular weight excluding hydrogens is 224 g/mol. The van der Waals surface area contributed by atoms with Crippen LogP contribution in [0, 0.1) is 5.41 Å². The average molecular weight is 248 g/mol. The van der Waals surface area contributed by atoms with E-state index in [4.69, 9.17) is 4.74 Å². The van der Waals surface area contributed by atoms with Gasteiger partial charge in [-0.15, -0.1) is 0 Å². The van der Waals surface area contributed by atoms with E-state index in [-0.39, 0.29) is 0 Å². The van der Waals surface area contributed by atoms with Gasteiger partial charge >= 0.3 is 0 Å². The normalized spacial score (nSPS) is 15.7. The van der Waals surface area contributed by atoms with E-state index in [0.29, 0.717) is 5.41 Å². The van der Waals surface area contributed by atoms with Crippen LogP contribution in [0.1, 0.15) is 45.6 Å². The standard InChI is InChI=1S/C15H24N2O/c1-15(2,3)7-9-18-14-11-16-8-6-12(14)10-17-13-4-5-13/h6,8,11,13,17H,4-5,7,9-10H2,1-3H3. The minimum atomic E-state index is 0.314. The maximum Gasteiger partial charge on any atom is 0.142 e. The van der Waals surface area contributed by atoms with Crippen LogP contribution in [0.3, 0.4) is 0 Å². The van der Waals surface area contributed by atoms with Crippen LogP contribution in [-0.4, -0.2) is 17.6 Å². The fourth-order valence-corrected chi connectivity index (χ4v) is 1.69. The van der Waals surface area contributed by atoms with Gasteiger partial charge in [0.25, 0.3) is 0 Å². The molecule has 0 saturated heterocycles. The molecule has 0 aromatic carbocycles. The molecule has 3 nitrogen and oxygen atoms in total. The lowest BCUT2D eigenvalue weighted by molar-refractivity contribution is 0.240. The smallest absolute Gasteiger partial charge is 0.142 e. The largest absolute Gasteiger partial charge is 0.492 e. The molecule has 0 bridgehead atoms. The summed E-state index contributed by atoms with van der Waals surface area (Å²) in [5, 5.41) is 3.51. The summed E-state index contributed by atoms with van der Waals surface area (Å²) in [6, 6.07) is 2.77. The number of ether oxygens (including phenoxy) is 1. The Balaban J connectivity index is 1.85. The second-order valence-corrected chi connectivity index (χ2v) is 6.30. The SMILES string of the molecule is CC(C)(C)CCOc1cnccc1CNC1CC1. The zero-order valence-electron chi connectivity index (χ0n) is 11.7. The first-order valence-corrected chi connectivity index (χ1v) is 6.84. The molecule has 1 aromatic heterocycles. The summed E-state index contributed by atoms with van der Waals surface area (Å²) in [5.41, 5.74) is 1.53. The molecule has 0 atom stereocenters. The van der Waals surface area contributed by atoms with E-state index in [1.165, 1.54) is 18.4 Å². The molecule has 0 unspecified atom stereocenters. The highest BCUT2D eigenvalue weighted by molar-refractivity contribution is 5.29. The topological polar surface area (TPSA) is 34.1 Å². The van der Waals surface area contributed by atoms with Gasteiger partial charge in [-0.3, -0.25) is 4.98 Å². The first kappa shape index (κ1) is 13.3. The van der Waals surface area contributed by atoms with Crippen LogP contribution in [0.25, 0.3) is 0 Å². The van der Waals surface area contributed by atoms with Gasteiger partial charge in [0.05, 0.1) is 12.8 Å². The molecule has 100 valence electrons. The predicted molar refractivity (Wildman–Crippen MR) is 73.7 cm³/mol. The number of hydrogen-bond acceptors (Lipinski definition) is 3. The van der Waals surface area contributed by atoms with Gasteiger partial charge in [0.2, 0.25) is 0 Å². The molecular formula is C15H24N2O. The Bertz CT molecular complexity index is 380. The Kier molecular flexibility index (Phi) is 4.23. The van der Waals surface area contributed by atoms with Gasteiger partial charge < -0.3 is 10.1 Å². The summed E-state index contributed by atoms with van der Waals surface area (Å²) < 4.78 is 5.86. The fraction of sp³-hybridized carbons (Fsp3) is 0.667. The first-order chi connectivity index (χ1) is 8.54. The third-order valence-corrected chi connectivity index (χ3v) is 3.14. The van der Waals surface area contributed by atoms with Crippen molar-refractivity contribution in [1.29, 1.82) is 0 Å². The lowest BCUT2D eigenvalue weighted by Gasteiger charge is -2.19. The second kappa shape index (κ2) is 5.70. The van der Waals surface area contributed by atoms with Gasteiger partial charge in [-0.2, -0.15) is 0 Å². The molecule has 1 aromatic rings. The first-order valence-electron chi connectivity index (χ1n) is 6.84. The van der Waals surface area contributed by atoms with Crippen molar-refractivity contribution in [3.63, 3.8) is 0 Å². The van der Waals surface area contributed by atoms with Crippen molar-refractivity contribution >= 4 is 0 Å². The molecule has 18 heavy (non-hydrogen) atoms. The second-order valence-electron chi connectivity index (χ2n) is 6.30. The third-order valence-electron chi connectivity index (χ3n) is 3.14. The molecule has 0 aliphatic heterocycles. The molecule has 1 saturated carbocycles. The molecule has 1 aliphatic rings. The van der Waals surface area contributed by atoms with Crippen LogP contribution in [0.2, 0.25) is 0 Å². The highest BCUT2D eigenvalue weighted by Gasteiger charge is 2.20. The van der Waals surface area contributed by atoms with Crippen LogP contribution in [0.5, 0.6) is 5.75 Å². The minimum Gasteiger partial charge on any atom is -0.492 e. The quantitative estimate of drug-likeness (QED) is 0.839. The van der Waals surface area contributed by atoms with Crippen molar-refractivity contribution < 1.29 is 4.74 Å². The van der Waals surface area contributed by atoms with E-state index in [9.17, 15) is 0 Å². The van der Waals surface area contributed by atoms with E-state index in [0.717, 1.165) is 31.4 Å². The Morgan fingerprint density at radius 1 is 1.39 bits per heavy atom. The molecule has 0 spiro atoms. The van der Waals surface area contributed by atoms with Gasteiger partial charge in [0, 0.05) is 24.3 Å². The number of nitrogens with zero attached hydrogens (tertiary/aromatic N) is 1. The van der Waals surface area contributed by atoms with E-state index < -0.39 is 0 Å². The lowest BCUT2D eigenvalue weighted by Crippen LogP contribution is -2.17. The summed E-state index contributed by atoms with van der Waals surface area (Å²) in [7, 11) is 0. The number of pyridine rings is 1. The van der Waals surface area contributed by atoms with E-state index in [1.807, 2.05) is 18.5 Å². The number of rotatable bonds is 6. The summed E-state index contributed by atoms with van der Waals surface area (Å²) in [6.07, 6.45) is 7.33. The summed E-state index contributed by atoms with van der Waals surface area (Å²) in [4.78, 5) is 4.15. The van der Waals surface area contributed by atoms with Crippen LogP contribution < -0.4 is 10.1 Å². The van der Waals surface area contributed by atoms with E-state index in [2.05, 4.69) is 31.1 Å². The molecule has 0 amide bonds. The van der Waals surface area contributed by atoms with Crippen molar-refractivity contribution in [3.8, 4) is 5.75 Å². The maximum absolute atomic E-state index is 5.86. The highest BCUT2D eigenvalue weighted by atomic mass is 16.5. The van der Waals surface area contributed by atoms with E-state index in [1.54, 1.807) is 0 Å². The Morgan fingerprint density at radius 3 is 2.83 bits per heavy atom. The zero-order valence-corrected chi connectivity index (χ0v) is 11.7. The molecule has 3 heteroatoms. The van der Waals surface area contributed by atoms with Crippen molar-refractivity contribution in [3.05, 3.63) is 24.0 Å². The van der Waals surface area contributed by atoms with Crippen LogP contribution in [-0.2, 0) is 6.54 Å². The van der Waals surface area contributed by atoms with Crippen molar-refractivity contribution in [2.45, 2.75) is 52.6 Å². The molecule has 1 aliphatic carbocycles. The van der Waals surface area contributed by atoms with Crippen molar-refractivity contribution in [1.82, 2.24) is 10.3 Å². The van der Waals surface area contributed by atoms with Gasteiger partial charge in [-0.25, -0.2) is 0 Å². The Hall–Kier alpha value is -1.09. The maximum atomic E-state index is 5.86. The molecule has 1 fully saturated rings. The average Bonchev–Trinajstić information content (AvgIpc) is 3.10. The molecule has 2 rings (SSSR count). The molecule has 1 N–H and O–H groups in total. The van der Waals surface area contributed by atoms with Crippen molar-refractivity contribution in [2.75, 3.05) is 6.61 Å². The van der Waals surface area contributed by atoms with Crippen molar-refractivity contribution in [2.24, 2.45) is 5.41 Å². The number of aromatic nitrogens is 1. The summed E-state index contributed by atoms with van der Waals surface area (Å²) in [5.74, 6) is 0.926. The van der Waals surface area contributed by atoms with E-state index >= 15 is 0 Å². The van der Waals surface area contributed by atoms with Crippen LogP contribution >= 0.6 is 0 Å². The van der Waals surface area contributed by atoms with Gasteiger partial charge in [-0.05, 0) is 30.7 Å². The van der Waals surface area contributed by atoms with Crippen LogP contribution in [0.15, 0.2) is 18.5 Å². The summed E-state index contributed by atoms with van der Waals surface area (Å²) >= 11 is 0. The zero-order chi connectivity index (χ0) is 13.0. The van der Waals surface area contributed by atoms with Crippen LogP contribution in [0.4, 0.5) is 0 Å². The predicted octanol–water partition coefficient (Wildman–Crippen LogP) is 3.15. The van der Waals surface area contributed by atoms with Gasteiger partial charge in [-0.1, -0.05) is 20.8 Å². The lowest BCUT2D eigenvalue weighted by atomic mass is 9.93. The fourth-order valence-electron chi connectivity index (χ4n) is 1.69.